The Morgan fingerprint density at radius 1 is 1.35 bits per heavy atom. The molecule has 1 aromatic heterocycles. The van der Waals surface area contributed by atoms with Crippen LogP contribution in [0.25, 0.3) is 0 Å². The van der Waals surface area contributed by atoms with Crippen LogP contribution < -0.4 is 5.32 Å². The molecule has 1 unspecified atom stereocenters. The van der Waals surface area contributed by atoms with Crippen LogP contribution in [0.5, 0.6) is 0 Å². The second-order valence-electron chi connectivity index (χ2n) is 6.37. The summed E-state index contributed by atoms with van der Waals surface area (Å²) in [5, 5.41) is 9.37. The number of urea groups is 1. The number of nitrogens with zero attached hydrogens (tertiary/aromatic N) is 3. The Balaban J connectivity index is 1.54. The molecule has 138 valence electrons. The minimum atomic E-state index is -1.41. The topological polar surface area (TPSA) is 58.1 Å². The van der Waals surface area contributed by atoms with Gasteiger partial charge in [-0.25, -0.2) is 9.18 Å². The number of piperidine rings is 1. The molecule has 0 spiro atoms. The molecule has 1 atom stereocenters. The van der Waals surface area contributed by atoms with Crippen molar-refractivity contribution >= 4 is 35.1 Å². The van der Waals surface area contributed by atoms with E-state index in [1.165, 1.54) is 24.2 Å². The first-order valence-corrected chi connectivity index (χ1v) is 9.59. The molecule has 0 radical (unpaired) electrons. The predicted molar refractivity (Wildman–Crippen MR) is 102 cm³/mol. The first-order valence-electron chi connectivity index (χ1n) is 8.40. The van der Waals surface area contributed by atoms with Gasteiger partial charge in [0.2, 0.25) is 0 Å². The van der Waals surface area contributed by atoms with Gasteiger partial charge in [-0.05, 0) is 44.0 Å². The molecule has 1 aliphatic heterocycles. The highest BCUT2D eigenvalue weighted by molar-refractivity contribution is 8.00. The fraction of sp³-hybridized carbons (Fsp3) is 0.389. The minimum Gasteiger partial charge on any atom is -0.325 e. The standard InChI is InChI=1S/C18H20ClFN4OS/c1-18(20,26-16-4-2-3-14(19)11-16)13-6-9-24(10-7-13)17(25)23-15-5-8-21-22-12-15/h2-5,8,11-13H,6-7,9-10H2,1H3,(H,21,23,25). The molecule has 0 bridgehead atoms. The summed E-state index contributed by atoms with van der Waals surface area (Å²) in [6, 6.07) is 8.71. The van der Waals surface area contributed by atoms with Gasteiger partial charge >= 0.3 is 6.03 Å². The van der Waals surface area contributed by atoms with Crippen LogP contribution in [0.1, 0.15) is 19.8 Å². The third kappa shape index (κ3) is 4.86. The van der Waals surface area contributed by atoms with Gasteiger partial charge in [0.05, 0.1) is 18.1 Å². The highest BCUT2D eigenvalue weighted by atomic mass is 35.5. The third-order valence-electron chi connectivity index (χ3n) is 4.46. The molecule has 1 saturated heterocycles. The summed E-state index contributed by atoms with van der Waals surface area (Å²) in [6.45, 7) is 2.65. The van der Waals surface area contributed by atoms with Crippen molar-refractivity contribution < 1.29 is 9.18 Å². The molecule has 26 heavy (non-hydrogen) atoms. The highest BCUT2D eigenvalue weighted by Crippen LogP contribution is 2.44. The number of rotatable bonds is 4. The Bertz CT molecular complexity index is 754. The molecule has 0 saturated carbocycles. The van der Waals surface area contributed by atoms with Gasteiger partial charge in [-0.1, -0.05) is 29.4 Å². The van der Waals surface area contributed by atoms with Crippen molar-refractivity contribution in [3.63, 3.8) is 0 Å². The van der Waals surface area contributed by atoms with Crippen LogP contribution in [0.4, 0.5) is 14.9 Å². The lowest BCUT2D eigenvalue weighted by Gasteiger charge is -2.37. The van der Waals surface area contributed by atoms with Gasteiger partial charge in [0.1, 0.15) is 0 Å². The van der Waals surface area contributed by atoms with E-state index in [1.54, 1.807) is 30.0 Å². The van der Waals surface area contributed by atoms with E-state index >= 15 is 4.39 Å². The Kier molecular flexibility index (Phi) is 5.98. The number of hydrogen-bond donors (Lipinski definition) is 1. The zero-order valence-corrected chi connectivity index (χ0v) is 15.9. The second-order valence-corrected chi connectivity index (χ2v) is 8.28. The molecular formula is C18H20ClFN4OS. The van der Waals surface area contributed by atoms with E-state index in [4.69, 9.17) is 11.6 Å². The van der Waals surface area contributed by atoms with Crippen LogP contribution in [0.15, 0.2) is 47.6 Å². The lowest BCUT2D eigenvalue weighted by atomic mass is 9.92. The largest absolute Gasteiger partial charge is 0.325 e. The second kappa shape index (κ2) is 8.22. The van der Waals surface area contributed by atoms with Crippen molar-refractivity contribution in [1.82, 2.24) is 15.1 Å². The summed E-state index contributed by atoms with van der Waals surface area (Å²) in [4.78, 5) is 14.8. The van der Waals surface area contributed by atoms with Gasteiger partial charge in [-0.15, -0.1) is 0 Å². The number of aromatic nitrogens is 2. The van der Waals surface area contributed by atoms with Crippen molar-refractivity contribution in [2.45, 2.75) is 29.7 Å². The Labute approximate surface area is 161 Å². The summed E-state index contributed by atoms with van der Waals surface area (Å²) in [5.41, 5.74) is 0.596. The lowest BCUT2D eigenvalue weighted by molar-refractivity contribution is 0.124. The fourth-order valence-electron chi connectivity index (χ4n) is 3.01. The molecule has 3 rings (SSSR count). The summed E-state index contributed by atoms with van der Waals surface area (Å²) in [5.74, 6) is -0.127. The molecule has 1 aromatic carbocycles. The molecule has 2 aromatic rings. The fourth-order valence-corrected chi connectivity index (χ4v) is 4.46. The Morgan fingerprint density at radius 2 is 2.12 bits per heavy atom. The monoisotopic (exact) mass is 394 g/mol. The number of nitrogens with one attached hydrogen (secondary N) is 1. The van der Waals surface area contributed by atoms with Gasteiger partial charge in [0.25, 0.3) is 0 Å². The molecule has 1 fully saturated rings. The van der Waals surface area contributed by atoms with Gasteiger partial charge in [-0.3, -0.25) is 0 Å². The quantitative estimate of drug-likeness (QED) is 0.753. The summed E-state index contributed by atoms with van der Waals surface area (Å²) < 4.78 is 15.3. The highest BCUT2D eigenvalue weighted by Gasteiger charge is 2.38. The van der Waals surface area contributed by atoms with E-state index in [0.717, 1.165) is 4.90 Å². The van der Waals surface area contributed by atoms with E-state index in [-0.39, 0.29) is 11.9 Å². The number of alkyl halides is 1. The molecule has 1 aliphatic rings. The molecule has 8 heteroatoms. The van der Waals surface area contributed by atoms with Crippen LogP contribution in [-0.2, 0) is 0 Å². The SMILES string of the molecule is CC(F)(Sc1cccc(Cl)c1)C1CCN(C(=O)Nc2ccnnc2)CC1. The average Bonchev–Trinajstić information content (AvgIpc) is 2.62. The van der Waals surface area contributed by atoms with E-state index < -0.39 is 5.00 Å². The zero-order chi connectivity index (χ0) is 18.6. The lowest BCUT2D eigenvalue weighted by Crippen LogP contribution is -2.44. The van der Waals surface area contributed by atoms with Crippen LogP contribution in [0.2, 0.25) is 5.02 Å². The predicted octanol–water partition coefficient (Wildman–Crippen LogP) is 4.85. The Morgan fingerprint density at radius 3 is 2.77 bits per heavy atom. The van der Waals surface area contributed by atoms with E-state index in [2.05, 4.69) is 15.5 Å². The summed E-state index contributed by atoms with van der Waals surface area (Å²) >= 11 is 7.18. The number of thioether (sulfide) groups is 1. The van der Waals surface area contributed by atoms with E-state index in [1.807, 2.05) is 12.1 Å². The third-order valence-corrected chi connectivity index (χ3v) is 5.92. The number of benzene rings is 1. The van der Waals surface area contributed by atoms with E-state index in [0.29, 0.717) is 36.6 Å². The average molecular weight is 395 g/mol. The number of hydrogen-bond acceptors (Lipinski definition) is 4. The maximum Gasteiger partial charge on any atom is 0.321 e. The minimum absolute atomic E-state index is 0.127. The summed E-state index contributed by atoms with van der Waals surface area (Å²) in [6.07, 6.45) is 4.24. The van der Waals surface area contributed by atoms with Crippen molar-refractivity contribution in [3.8, 4) is 0 Å². The molecule has 2 amide bonds. The van der Waals surface area contributed by atoms with Gasteiger partial charge in [0.15, 0.2) is 5.00 Å². The van der Waals surface area contributed by atoms with Gasteiger partial charge in [-0.2, -0.15) is 10.2 Å². The first-order chi connectivity index (χ1) is 12.4. The molecule has 5 nitrogen and oxygen atoms in total. The molecule has 2 heterocycles. The van der Waals surface area contributed by atoms with Crippen molar-refractivity contribution in [2.24, 2.45) is 5.92 Å². The number of anilines is 1. The van der Waals surface area contributed by atoms with Crippen molar-refractivity contribution in [3.05, 3.63) is 47.7 Å². The maximum atomic E-state index is 15.3. The first kappa shape index (κ1) is 18.9. The smallest absolute Gasteiger partial charge is 0.321 e. The van der Waals surface area contributed by atoms with Crippen LogP contribution >= 0.6 is 23.4 Å². The van der Waals surface area contributed by atoms with E-state index in [9.17, 15) is 4.79 Å². The van der Waals surface area contributed by atoms with Gasteiger partial charge in [0, 0.05) is 28.9 Å². The summed E-state index contributed by atoms with van der Waals surface area (Å²) in [7, 11) is 0. The molecule has 0 aliphatic carbocycles. The normalized spacial score (nSPS) is 17.6. The van der Waals surface area contributed by atoms with Crippen LogP contribution in [0.3, 0.4) is 0 Å². The molecule has 1 N–H and O–H groups in total. The zero-order valence-electron chi connectivity index (χ0n) is 14.4. The number of amides is 2. The van der Waals surface area contributed by atoms with Crippen LogP contribution in [-0.4, -0.2) is 39.2 Å². The number of carbonyl (C=O) groups excluding carboxylic acids is 1. The van der Waals surface area contributed by atoms with Crippen molar-refractivity contribution in [2.75, 3.05) is 18.4 Å². The molecular weight excluding hydrogens is 375 g/mol. The maximum absolute atomic E-state index is 15.3. The van der Waals surface area contributed by atoms with Crippen LogP contribution in [0, 0.1) is 5.92 Å². The van der Waals surface area contributed by atoms with Crippen molar-refractivity contribution in [1.29, 1.82) is 0 Å². The van der Waals surface area contributed by atoms with Gasteiger partial charge < -0.3 is 10.2 Å². The Hall–Kier alpha value is -1.86. The number of carbonyl (C=O) groups is 1. The number of likely N-dealkylation sites (tertiary alicyclic amines) is 1. The number of halogens is 2.